The fourth-order valence-corrected chi connectivity index (χ4v) is 4.96. The van der Waals surface area contributed by atoms with Crippen LogP contribution in [0.25, 0.3) is 16.7 Å². The first-order chi connectivity index (χ1) is 17.7. The number of ketones is 1. The van der Waals surface area contributed by atoms with Crippen molar-refractivity contribution in [1.29, 1.82) is 0 Å². The average molecular weight is 515 g/mol. The number of halogens is 1. The molecular formula is C30H27ClN2O4. The second-order valence-electron chi connectivity index (χ2n) is 9.54. The van der Waals surface area contributed by atoms with Gasteiger partial charge in [0, 0.05) is 38.9 Å². The van der Waals surface area contributed by atoms with Gasteiger partial charge in [0.15, 0.2) is 0 Å². The van der Waals surface area contributed by atoms with Gasteiger partial charge < -0.3 is 14.8 Å². The number of hydrogen-bond acceptors (Lipinski definition) is 4. The summed E-state index contributed by atoms with van der Waals surface area (Å²) in [5.74, 6) is -1.04. The lowest BCUT2D eigenvalue weighted by molar-refractivity contribution is -0.132. The number of aromatic amines is 1. The Balaban J connectivity index is 1.73. The third-order valence-electron chi connectivity index (χ3n) is 6.60. The van der Waals surface area contributed by atoms with Crippen molar-refractivity contribution in [1.82, 2.24) is 4.98 Å². The summed E-state index contributed by atoms with van der Waals surface area (Å²) in [6.07, 6.45) is 1.77. The summed E-state index contributed by atoms with van der Waals surface area (Å²) in [7, 11) is 0. The predicted molar refractivity (Wildman–Crippen MR) is 146 cm³/mol. The Morgan fingerprint density at radius 2 is 1.78 bits per heavy atom. The summed E-state index contributed by atoms with van der Waals surface area (Å²) in [5.41, 5.74) is 4.14. The number of nitrogens with one attached hydrogen (secondary N) is 1. The van der Waals surface area contributed by atoms with Crippen LogP contribution in [0.3, 0.4) is 0 Å². The van der Waals surface area contributed by atoms with E-state index in [1.807, 2.05) is 52.0 Å². The first kappa shape index (κ1) is 24.7. The SMILES string of the molecule is Cc1ccc(N2C(=O)C(=O)/C(=C(/O)c3ccc(OC(C)C)c(C)c3)C2c2c[nH]c3ccccc23)cc1Cl. The van der Waals surface area contributed by atoms with E-state index in [0.717, 1.165) is 22.0 Å². The van der Waals surface area contributed by atoms with Crippen molar-refractivity contribution in [3.8, 4) is 5.75 Å². The number of amides is 1. The van der Waals surface area contributed by atoms with Gasteiger partial charge in [0.1, 0.15) is 11.5 Å². The van der Waals surface area contributed by atoms with Crippen LogP contribution in [-0.2, 0) is 9.59 Å². The quantitative estimate of drug-likeness (QED) is 0.173. The summed E-state index contributed by atoms with van der Waals surface area (Å²) in [6.45, 7) is 7.62. The highest BCUT2D eigenvalue weighted by atomic mass is 35.5. The molecular weight excluding hydrogens is 488 g/mol. The van der Waals surface area contributed by atoms with E-state index in [1.165, 1.54) is 4.90 Å². The molecule has 4 aromatic rings. The number of benzene rings is 3. The van der Waals surface area contributed by atoms with Crippen LogP contribution in [0, 0.1) is 13.8 Å². The average Bonchev–Trinajstić information content (AvgIpc) is 3.40. The summed E-state index contributed by atoms with van der Waals surface area (Å²) in [5, 5.41) is 12.8. The molecule has 0 radical (unpaired) electrons. The number of Topliss-reactive ketones (excluding diaryl/α,β-unsaturated/α-hetero) is 1. The summed E-state index contributed by atoms with van der Waals surface area (Å²) in [6, 6.07) is 17.2. The largest absolute Gasteiger partial charge is 0.507 e. The standard InChI is InChI=1S/C30H27ClN2O4/c1-16(2)37-25-12-10-19(13-18(25)4)28(34)26-27(22-15-32-24-8-6-5-7-21(22)24)33(30(36)29(26)35)20-11-9-17(3)23(31)14-20/h5-16,27,32,34H,1-4H3/b28-26+. The molecule has 0 aliphatic carbocycles. The number of aromatic nitrogens is 1. The number of carbonyl (C=O) groups is 2. The number of hydrogen-bond donors (Lipinski definition) is 2. The van der Waals surface area contributed by atoms with Crippen molar-refractivity contribution in [2.75, 3.05) is 4.90 Å². The van der Waals surface area contributed by atoms with Crippen LogP contribution in [0.1, 0.15) is 42.1 Å². The van der Waals surface area contributed by atoms with Crippen LogP contribution in [0.4, 0.5) is 5.69 Å². The first-order valence-corrected chi connectivity index (χ1v) is 12.5. The number of ether oxygens (including phenoxy) is 1. The smallest absolute Gasteiger partial charge is 0.300 e. The minimum absolute atomic E-state index is 0.00771. The minimum Gasteiger partial charge on any atom is -0.507 e. The van der Waals surface area contributed by atoms with Gasteiger partial charge >= 0.3 is 0 Å². The van der Waals surface area contributed by atoms with Crippen LogP contribution in [0.2, 0.25) is 5.02 Å². The van der Waals surface area contributed by atoms with E-state index in [0.29, 0.717) is 27.6 Å². The van der Waals surface area contributed by atoms with Crippen LogP contribution < -0.4 is 9.64 Å². The zero-order valence-electron chi connectivity index (χ0n) is 21.0. The van der Waals surface area contributed by atoms with Crippen molar-refractivity contribution in [3.63, 3.8) is 0 Å². The molecule has 2 heterocycles. The number of carbonyl (C=O) groups excluding carboxylic acids is 2. The van der Waals surface area contributed by atoms with Crippen molar-refractivity contribution in [3.05, 3.63) is 99.7 Å². The minimum atomic E-state index is -0.859. The maximum absolute atomic E-state index is 13.5. The van der Waals surface area contributed by atoms with Crippen LogP contribution in [-0.4, -0.2) is 27.9 Å². The number of fused-ring (bicyclic) bond motifs is 1. The van der Waals surface area contributed by atoms with Gasteiger partial charge in [0.2, 0.25) is 0 Å². The van der Waals surface area contributed by atoms with E-state index in [4.69, 9.17) is 16.3 Å². The van der Waals surface area contributed by atoms with Gasteiger partial charge in [-0.3, -0.25) is 14.5 Å². The summed E-state index contributed by atoms with van der Waals surface area (Å²) in [4.78, 5) is 31.6. The molecule has 0 spiro atoms. The summed E-state index contributed by atoms with van der Waals surface area (Å²) < 4.78 is 5.82. The van der Waals surface area contributed by atoms with Crippen molar-refractivity contribution in [2.45, 2.75) is 39.8 Å². The molecule has 1 atom stereocenters. The molecule has 6 nitrogen and oxygen atoms in total. The molecule has 1 saturated heterocycles. The van der Waals surface area contributed by atoms with Gasteiger partial charge in [-0.2, -0.15) is 0 Å². The Hall–Kier alpha value is -4.03. The van der Waals surface area contributed by atoms with E-state index in [-0.39, 0.29) is 17.4 Å². The maximum Gasteiger partial charge on any atom is 0.300 e. The van der Waals surface area contributed by atoms with Gasteiger partial charge in [0.05, 0.1) is 17.7 Å². The van der Waals surface area contributed by atoms with E-state index < -0.39 is 17.7 Å². The molecule has 1 aliphatic heterocycles. The fourth-order valence-electron chi connectivity index (χ4n) is 4.78. The molecule has 37 heavy (non-hydrogen) atoms. The molecule has 1 unspecified atom stereocenters. The van der Waals surface area contributed by atoms with Gasteiger partial charge in [-0.1, -0.05) is 35.9 Å². The topological polar surface area (TPSA) is 82.6 Å². The van der Waals surface area contributed by atoms with E-state index >= 15 is 0 Å². The van der Waals surface area contributed by atoms with Crippen LogP contribution in [0.5, 0.6) is 5.75 Å². The summed E-state index contributed by atoms with van der Waals surface area (Å²) >= 11 is 6.40. The number of para-hydroxylation sites is 1. The zero-order chi connectivity index (χ0) is 26.4. The number of aliphatic hydroxyl groups excluding tert-OH is 1. The molecule has 0 bridgehead atoms. The van der Waals surface area contributed by atoms with Gasteiger partial charge in [0.25, 0.3) is 11.7 Å². The molecule has 5 rings (SSSR count). The number of anilines is 1. The molecule has 1 fully saturated rings. The Kier molecular flexibility index (Phi) is 6.30. The van der Waals surface area contributed by atoms with E-state index in [2.05, 4.69) is 4.98 Å². The molecule has 188 valence electrons. The Bertz CT molecular complexity index is 1580. The number of nitrogens with zero attached hydrogens (tertiary/aromatic N) is 1. The molecule has 1 amide bonds. The maximum atomic E-state index is 13.5. The lowest BCUT2D eigenvalue weighted by Gasteiger charge is -2.25. The molecule has 3 aromatic carbocycles. The van der Waals surface area contributed by atoms with Gasteiger partial charge in [-0.15, -0.1) is 0 Å². The fraction of sp³-hybridized carbons (Fsp3) is 0.200. The Morgan fingerprint density at radius 1 is 1.03 bits per heavy atom. The second-order valence-corrected chi connectivity index (χ2v) is 9.95. The van der Waals surface area contributed by atoms with Crippen LogP contribution >= 0.6 is 11.6 Å². The number of aliphatic hydroxyl groups is 1. The number of H-pyrrole nitrogens is 1. The molecule has 1 aromatic heterocycles. The monoisotopic (exact) mass is 514 g/mol. The Labute approximate surface area is 220 Å². The lowest BCUT2D eigenvalue weighted by Crippen LogP contribution is -2.29. The zero-order valence-corrected chi connectivity index (χ0v) is 21.8. The Morgan fingerprint density at radius 3 is 2.49 bits per heavy atom. The highest BCUT2D eigenvalue weighted by Gasteiger charge is 2.47. The van der Waals surface area contributed by atoms with E-state index in [1.54, 1.807) is 42.6 Å². The number of rotatable bonds is 5. The van der Waals surface area contributed by atoms with Crippen molar-refractivity contribution < 1.29 is 19.4 Å². The van der Waals surface area contributed by atoms with E-state index in [9.17, 15) is 14.7 Å². The van der Waals surface area contributed by atoms with Gasteiger partial charge in [-0.05, 0) is 75.2 Å². The number of aryl methyl sites for hydroxylation is 2. The predicted octanol–water partition coefficient (Wildman–Crippen LogP) is 6.85. The molecule has 1 aliphatic rings. The first-order valence-electron chi connectivity index (χ1n) is 12.1. The normalized spacial score (nSPS) is 17.2. The molecule has 7 heteroatoms. The van der Waals surface area contributed by atoms with Gasteiger partial charge in [-0.25, -0.2) is 0 Å². The molecule has 2 N–H and O–H groups in total. The van der Waals surface area contributed by atoms with Crippen molar-refractivity contribution in [2.24, 2.45) is 0 Å². The molecule has 0 saturated carbocycles. The third-order valence-corrected chi connectivity index (χ3v) is 7.01. The van der Waals surface area contributed by atoms with Crippen molar-refractivity contribution >= 4 is 45.6 Å². The third kappa shape index (κ3) is 4.27. The lowest BCUT2D eigenvalue weighted by atomic mass is 9.94. The highest BCUT2D eigenvalue weighted by Crippen LogP contribution is 2.45. The van der Waals surface area contributed by atoms with Crippen LogP contribution in [0.15, 0.2) is 72.4 Å². The second kappa shape index (κ2) is 9.45. The highest BCUT2D eigenvalue weighted by molar-refractivity contribution is 6.52.